The van der Waals surface area contributed by atoms with Crippen molar-refractivity contribution >= 4 is 11.8 Å². The maximum absolute atomic E-state index is 5.68. The monoisotopic (exact) mass is 225 g/mol. The van der Waals surface area contributed by atoms with Gasteiger partial charge in [-0.2, -0.15) is 11.8 Å². The first kappa shape index (κ1) is 12.4. The smallest absolute Gasteiger partial charge is 0.123 e. The molecule has 1 aromatic rings. The average molecular weight is 225 g/mol. The Morgan fingerprint density at radius 3 is 2.87 bits per heavy atom. The Balaban J connectivity index is 2.30. The van der Waals surface area contributed by atoms with Crippen LogP contribution in [-0.4, -0.2) is 18.1 Å². The van der Waals surface area contributed by atoms with E-state index in [0.29, 0.717) is 6.54 Å². The molecule has 0 aliphatic carbocycles. The van der Waals surface area contributed by atoms with E-state index in [1.54, 1.807) is 0 Å². The van der Waals surface area contributed by atoms with E-state index in [-0.39, 0.29) is 0 Å². The molecule has 0 aromatic heterocycles. The van der Waals surface area contributed by atoms with Gasteiger partial charge < -0.3 is 10.5 Å². The first-order valence-electron chi connectivity index (χ1n) is 5.37. The lowest BCUT2D eigenvalue weighted by atomic mass is 10.2. The number of hydrogen-bond acceptors (Lipinski definition) is 3. The molecule has 15 heavy (non-hydrogen) atoms. The van der Waals surface area contributed by atoms with Gasteiger partial charge in [-0.1, -0.05) is 25.1 Å². The highest BCUT2D eigenvalue weighted by atomic mass is 32.2. The van der Waals surface area contributed by atoms with Gasteiger partial charge in [0.05, 0.1) is 6.61 Å². The number of rotatable bonds is 7. The molecule has 0 atom stereocenters. The van der Waals surface area contributed by atoms with Gasteiger partial charge >= 0.3 is 0 Å². The second kappa shape index (κ2) is 7.60. The summed E-state index contributed by atoms with van der Waals surface area (Å²) in [7, 11) is 0. The SMILES string of the molecule is CCSCCCOc1ccccc1CN. The highest BCUT2D eigenvalue weighted by Gasteiger charge is 1.99. The van der Waals surface area contributed by atoms with Crippen LogP contribution in [0.15, 0.2) is 24.3 Å². The van der Waals surface area contributed by atoms with Crippen LogP contribution >= 0.6 is 11.8 Å². The van der Waals surface area contributed by atoms with E-state index in [1.165, 1.54) is 11.5 Å². The zero-order valence-corrected chi connectivity index (χ0v) is 10.1. The quantitative estimate of drug-likeness (QED) is 0.725. The average Bonchev–Trinajstić information content (AvgIpc) is 2.29. The number of hydrogen-bond donors (Lipinski definition) is 1. The van der Waals surface area contributed by atoms with Crippen molar-refractivity contribution in [1.29, 1.82) is 0 Å². The fourth-order valence-electron chi connectivity index (χ4n) is 1.30. The van der Waals surface area contributed by atoms with Crippen molar-refractivity contribution in [1.82, 2.24) is 0 Å². The number of benzene rings is 1. The van der Waals surface area contributed by atoms with E-state index >= 15 is 0 Å². The molecule has 1 aromatic carbocycles. The third-order valence-corrected chi connectivity index (χ3v) is 3.07. The van der Waals surface area contributed by atoms with Crippen LogP contribution < -0.4 is 10.5 Å². The van der Waals surface area contributed by atoms with Gasteiger partial charge in [-0.25, -0.2) is 0 Å². The first-order valence-corrected chi connectivity index (χ1v) is 6.52. The summed E-state index contributed by atoms with van der Waals surface area (Å²) < 4.78 is 5.68. The van der Waals surface area contributed by atoms with Gasteiger partial charge in [0.15, 0.2) is 0 Å². The lowest BCUT2D eigenvalue weighted by Gasteiger charge is -2.09. The Morgan fingerprint density at radius 1 is 1.33 bits per heavy atom. The zero-order chi connectivity index (χ0) is 10.9. The third-order valence-electron chi connectivity index (χ3n) is 2.09. The fourth-order valence-corrected chi connectivity index (χ4v) is 1.91. The molecule has 0 saturated carbocycles. The topological polar surface area (TPSA) is 35.2 Å². The summed E-state index contributed by atoms with van der Waals surface area (Å²) >= 11 is 1.95. The van der Waals surface area contributed by atoms with Gasteiger partial charge in [0.1, 0.15) is 5.75 Å². The van der Waals surface area contributed by atoms with Crippen LogP contribution in [0.5, 0.6) is 5.75 Å². The van der Waals surface area contributed by atoms with Crippen LogP contribution in [-0.2, 0) is 6.54 Å². The second-order valence-electron chi connectivity index (χ2n) is 3.21. The van der Waals surface area contributed by atoms with Crippen molar-refractivity contribution in [3.05, 3.63) is 29.8 Å². The minimum atomic E-state index is 0.542. The zero-order valence-electron chi connectivity index (χ0n) is 9.24. The number of thioether (sulfide) groups is 1. The number of para-hydroxylation sites is 1. The van der Waals surface area contributed by atoms with Crippen molar-refractivity contribution in [2.45, 2.75) is 19.9 Å². The van der Waals surface area contributed by atoms with Gasteiger partial charge in [-0.15, -0.1) is 0 Å². The molecule has 0 radical (unpaired) electrons. The Hall–Kier alpha value is -0.670. The molecule has 0 spiro atoms. The van der Waals surface area contributed by atoms with Crippen LogP contribution in [0.25, 0.3) is 0 Å². The van der Waals surface area contributed by atoms with E-state index in [1.807, 2.05) is 36.0 Å². The van der Waals surface area contributed by atoms with E-state index in [0.717, 1.165) is 24.3 Å². The molecule has 0 aliphatic rings. The summed E-state index contributed by atoms with van der Waals surface area (Å²) in [6, 6.07) is 7.96. The maximum Gasteiger partial charge on any atom is 0.123 e. The van der Waals surface area contributed by atoms with Crippen molar-refractivity contribution in [3.63, 3.8) is 0 Å². The molecule has 0 amide bonds. The lowest BCUT2D eigenvalue weighted by molar-refractivity contribution is 0.315. The van der Waals surface area contributed by atoms with Crippen LogP contribution in [0.1, 0.15) is 18.9 Å². The Labute approximate surface area is 96.2 Å². The van der Waals surface area contributed by atoms with E-state index in [9.17, 15) is 0 Å². The van der Waals surface area contributed by atoms with Crippen molar-refractivity contribution in [3.8, 4) is 5.75 Å². The fraction of sp³-hybridized carbons (Fsp3) is 0.500. The predicted molar refractivity (Wildman–Crippen MR) is 67.4 cm³/mol. The summed E-state index contributed by atoms with van der Waals surface area (Å²) in [5.41, 5.74) is 6.70. The molecular formula is C12H19NOS. The Kier molecular flexibility index (Phi) is 6.28. The van der Waals surface area contributed by atoms with Gasteiger partial charge in [0.2, 0.25) is 0 Å². The van der Waals surface area contributed by atoms with E-state index < -0.39 is 0 Å². The minimum absolute atomic E-state index is 0.542. The normalized spacial score (nSPS) is 10.3. The molecule has 0 aliphatic heterocycles. The molecule has 0 heterocycles. The minimum Gasteiger partial charge on any atom is -0.493 e. The molecule has 84 valence electrons. The molecule has 2 N–H and O–H groups in total. The molecule has 3 heteroatoms. The largest absolute Gasteiger partial charge is 0.493 e. The highest BCUT2D eigenvalue weighted by molar-refractivity contribution is 7.99. The molecule has 0 bridgehead atoms. The summed E-state index contributed by atoms with van der Waals surface area (Å²) in [5.74, 6) is 3.28. The molecule has 2 nitrogen and oxygen atoms in total. The summed E-state index contributed by atoms with van der Waals surface area (Å²) in [4.78, 5) is 0. The Morgan fingerprint density at radius 2 is 2.13 bits per heavy atom. The Bertz CT molecular complexity index is 278. The van der Waals surface area contributed by atoms with E-state index in [4.69, 9.17) is 10.5 Å². The predicted octanol–water partition coefficient (Wildman–Crippen LogP) is 2.67. The van der Waals surface area contributed by atoms with Crippen LogP contribution in [0.3, 0.4) is 0 Å². The van der Waals surface area contributed by atoms with Gasteiger partial charge in [-0.05, 0) is 24.0 Å². The molecular weight excluding hydrogens is 206 g/mol. The van der Waals surface area contributed by atoms with Crippen LogP contribution in [0.2, 0.25) is 0 Å². The molecule has 0 unspecified atom stereocenters. The van der Waals surface area contributed by atoms with Crippen molar-refractivity contribution in [2.75, 3.05) is 18.1 Å². The summed E-state index contributed by atoms with van der Waals surface area (Å²) in [6.45, 7) is 3.50. The number of ether oxygens (including phenoxy) is 1. The summed E-state index contributed by atoms with van der Waals surface area (Å²) in [5, 5.41) is 0. The van der Waals surface area contributed by atoms with Crippen LogP contribution in [0, 0.1) is 0 Å². The third kappa shape index (κ3) is 4.58. The van der Waals surface area contributed by atoms with Gasteiger partial charge in [0, 0.05) is 12.1 Å². The van der Waals surface area contributed by atoms with Gasteiger partial charge in [-0.3, -0.25) is 0 Å². The summed E-state index contributed by atoms with van der Waals surface area (Å²) in [6.07, 6.45) is 1.09. The number of nitrogens with two attached hydrogens (primary N) is 1. The molecule has 0 saturated heterocycles. The van der Waals surface area contributed by atoms with E-state index in [2.05, 4.69) is 6.92 Å². The van der Waals surface area contributed by atoms with Crippen molar-refractivity contribution < 1.29 is 4.74 Å². The maximum atomic E-state index is 5.68. The molecule has 1 rings (SSSR count). The van der Waals surface area contributed by atoms with Gasteiger partial charge in [0.25, 0.3) is 0 Å². The second-order valence-corrected chi connectivity index (χ2v) is 4.60. The van der Waals surface area contributed by atoms with Crippen LogP contribution in [0.4, 0.5) is 0 Å². The standard InChI is InChI=1S/C12H19NOS/c1-2-15-9-5-8-14-12-7-4-3-6-11(12)10-13/h3-4,6-7H,2,5,8-10,13H2,1H3. The highest BCUT2D eigenvalue weighted by Crippen LogP contribution is 2.17. The lowest BCUT2D eigenvalue weighted by Crippen LogP contribution is -2.04. The van der Waals surface area contributed by atoms with Crippen molar-refractivity contribution in [2.24, 2.45) is 5.73 Å². The molecule has 0 fully saturated rings. The first-order chi connectivity index (χ1) is 7.38.